The van der Waals surface area contributed by atoms with Gasteiger partial charge in [0.1, 0.15) is 29.3 Å². The molecule has 1 saturated heterocycles. The van der Waals surface area contributed by atoms with Crippen LogP contribution in [0, 0.1) is 0 Å². The molecule has 0 bridgehead atoms. The van der Waals surface area contributed by atoms with E-state index in [1.807, 2.05) is 0 Å². The zero-order valence-electron chi connectivity index (χ0n) is 14.8. The van der Waals surface area contributed by atoms with Gasteiger partial charge in [0.2, 0.25) is 0 Å². The van der Waals surface area contributed by atoms with E-state index in [9.17, 15) is 20.1 Å². The molecule has 7 heteroatoms. The Kier molecular flexibility index (Phi) is 5.50. The molecule has 0 aromatic heterocycles. The fourth-order valence-electron chi connectivity index (χ4n) is 3.16. The van der Waals surface area contributed by atoms with E-state index < -0.39 is 30.4 Å². The molecule has 0 aliphatic carbocycles. The zero-order valence-corrected chi connectivity index (χ0v) is 14.8. The maximum Gasteiger partial charge on any atom is 0.342 e. The molecule has 5 atom stereocenters. The van der Waals surface area contributed by atoms with Gasteiger partial charge in [-0.2, -0.15) is 0 Å². The highest BCUT2D eigenvalue weighted by Gasteiger charge is 2.43. The Morgan fingerprint density at radius 1 is 1.23 bits per heavy atom. The highest BCUT2D eigenvalue weighted by molar-refractivity contribution is 5.95. The van der Waals surface area contributed by atoms with E-state index in [2.05, 4.69) is 0 Å². The molecule has 1 fully saturated rings. The molecule has 3 rings (SSSR count). The molecule has 0 unspecified atom stereocenters. The van der Waals surface area contributed by atoms with Gasteiger partial charge in [-0.3, -0.25) is 0 Å². The Bertz CT molecular complexity index is 699. The van der Waals surface area contributed by atoms with Gasteiger partial charge < -0.3 is 29.5 Å². The van der Waals surface area contributed by atoms with Crippen molar-refractivity contribution in [3.63, 3.8) is 0 Å². The van der Waals surface area contributed by atoms with Crippen molar-refractivity contribution in [3.8, 4) is 11.5 Å². The number of ether oxygens (including phenoxy) is 3. The summed E-state index contributed by atoms with van der Waals surface area (Å²) in [5.74, 6) is -0.437. The number of fused-ring (bicyclic) bond motifs is 3. The van der Waals surface area contributed by atoms with Crippen LogP contribution in [0.15, 0.2) is 24.3 Å². The Morgan fingerprint density at radius 2 is 2.00 bits per heavy atom. The topological polar surface area (TPSA) is 109 Å². The third kappa shape index (κ3) is 4.00. The Morgan fingerprint density at radius 3 is 2.73 bits per heavy atom. The normalized spacial score (nSPS) is 33.2. The number of aliphatic hydroxyl groups is 2. The van der Waals surface area contributed by atoms with Crippen LogP contribution in [0.25, 0.3) is 0 Å². The summed E-state index contributed by atoms with van der Waals surface area (Å²) in [4.78, 5) is 12.6. The number of hydrogen-bond acceptors (Lipinski definition) is 7. The molecule has 0 saturated carbocycles. The van der Waals surface area contributed by atoms with Gasteiger partial charge in [-0.25, -0.2) is 4.79 Å². The minimum atomic E-state index is -0.977. The second-order valence-corrected chi connectivity index (χ2v) is 6.72. The Balaban J connectivity index is 1.94. The zero-order chi connectivity index (χ0) is 18.8. The molecular weight excluding hydrogens is 340 g/mol. The predicted octanol–water partition coefficient (Wildman–Crippen LogP) is 1.85. The molecule has 142 valence electrons. The largest absolute Gasteiger partial charge is 0.507 e. The van der Waals surface area contributed by atoms with Gasteiger partial charge >= 0.3 is 5.97 Å². The van der Waals surface area contributed by atoms with Crippen molar-refractivity contribution in [1.82, 2.24) is 0 Å². The first-order valence-corrected chi connectivity index (χ1v) is 8.70. The molecule has 2 heterocycles. The van der Waals surface area contributed by atoms with Crippen LogP contribution in [0.4, 0.5) is 0 Å². The number of aliphatic hydroxyl groups excluding tert-OH is 2. The molecule has 1 aromatic carbocycles. The predicted molar refractivity (Wildman–Crippen MR) is 92.2 cm³/mol. The summed E-state index contributed by atoms with van der Waals surface area (Å²) in [5.41, 5.74) is 0.582. The number of rotatable bonds is 1. The van der Waals surface area contributed by atoms with Gasteiger partial charge in [0.25, 0.3) is 0 Å². The number of hydrogen-bond donors (Lipinski definition) is 3. The number of methoxy groups -OCH3 is 1. The maximum absolute atomic E-state index is 12.6. The van der Waals surface area contributed by atoms with E-state index >= 15 is 0 Å². The lowest BCUT2D eigenvalue weighted by atomic mass is 9.98. The van der Waals surface area contributed by atoms with Crippen molar-refractivity contribution in [2.24, 2.45) is 0 Å². The van der Waals surface area contributed by atoms with E-state index in [0.717, 1.165) is 0 Å². The van der Waals surface area contributed by atoms with Crippen LogP contribution in [0.3, 0.4) is 0 Å². The summed E-state index contributed by atoms with van der Waals surface area (Å²) in [6.07, 6.45) is 1.49. The third-order valence-electron chi connectivity index (χ3n) is 4.70. The monoisotopic (exact) mass is 364 g/mol. The number of carbonyl (C=O) groups is 1. The first kappa shape index (κ1) is 18.7. The van der Waals surface area contributed by atoms with Crippen molar-refractivity contribution in [2.45, 2.75) is 56.7 Å². The van der Waals surface area contributed by atoms with Crippen molar-refractivity contribution in [1.29, 1.82) is 0 Å². The molecule has 0 amide bonds. The number of benzene rings is 1. The first-order valence-electron chi connectivity index (χ1n) is 8.70. The quantitative estimate of drug-likeness (QED) is 0.396. The van der Waals surface area contributed by atoms with Crippen molar-refractivity contribution in [2.75, 3.05) is 7.11 Å². The fourth-order valence-corrected chi connectivity index (χ4v) is 3.16. The standard InChI is InChI=1S/C19H24O7/c1-10-4-3-5-13(20)14(21)6-7-16-18(26-16)12-8-11(24-2)9-15(22)17(12)19(23)25-10/h3,5,8-10,13-14,16,18,20-22H,4,6-7H2,1-2H3/b5-3+/t10-,13-,14-,16+,18+/m0/s1. The summed E-state index contributed by atoms with van der Waals surface area (Å²) in [5, 5.41) is 30.3. The first-order chi connectivity index (χ1) is 12.4. The van der Waals surface area contributed by atoms with Crippen molar-refractivity contribution >= 4 is 5.97 Å². The smallest absolute Gasteiger partial charge is 0.342 e. The average molecular weight is 364 g/mol. The average Bonchev–Trinajstić information content (AvgIpc) is 3.37. The van der Waals surface area contributed by atoms with Crippen LogP contribution >= 0.6 is 0 Å². The molecule has 3 N–H and O–H groups in total. The van der Waals surface area contributed by atoms with Gasteiger partial charge in [0.05, 0.1) is 25.4 Å². The van der Waals surface area contributed by atoms with E-state index in [1.54, 1.807) is 19.1 Å². The van der Waals surface area contributed by atoms with E-state index in [1.165, 1.54) is 19.3 Å². The lowest BCUT2D eigenvalue weighted by molar-refractivity contribution is 0.0332. The molecular formula is C19H24O7. The summed E-state index contributed by atoms with van der Waals surface area (Å²) in [6.45, 7) is 1.72. The minimum absolute atomic E-state index is 0.0757. The summed E-state index contributed by atoms with van der Waals surface area (Å²) >= 11 is 0. The van der Waals surface area contributed by atoms with E-state index in [4.69, 9.17) is 14.2 Å². The number of carbonyl (C=O) groups excluding carboxylic acids is 1. The highest BCUT2D eigenvalue weighted by atomic mass is 16.6. The van der Waals surface area contributed by atoms with Crippen molar-refractivity contribution in [3.05, 3.63) is 35.4 Å². The summed E-state index contributed by atoms with van der Waals surface area (Å²) in [6, 6.07) is 3.02. The van der Waals surface area contributed by atoms with Crippen LogP contribution in [0.5, 0.6) is 11.5 Å². The van der Waals surface area contributed by atoms with Crippen LogP contribution in [0.2, 0.25) is 0 Å². The third-order valence-corrected chi connectivity index (χ3v) is 4.70. The molecule has 0 spiro atoms. The fraction of sp³-hybridized carbons (Fsp3) is 0.526. The van der Waals surface area contributed by atoms with Gasteiger partial charge in [-0.05, 0) is 25.8 Å². The number of esters is 1. The van der Waals surface area contributed by atoms with Crippen LogP contribution in [-0.2, 0) is 9.47 Å². The molecule has 7 nitrogen and oxygen atoms in total. The van der Waals surface area contributed by atoms with E-state index in [0.29, 0.717) is 30.6 Å². The van der Waals surface area contributed by atoms with Crippen LogP contribution in [-0.4, -0.2) is 52.8 Å². The molecule has 2 aliphatic rings. The number of aromatic hydroxyl groups is 1. The molecule has 26 heavy (non-hydrogen) atoms. The lowest BCUT2D eigenvalue weighted by Crippen LogP contribution is -2.24. The minimum Gasteiger partial charge on any atom is -0.507 e. The Hall–Kier alpha value is -2.09. The van der Waals surface area contributed by atoms with Crippen LogP contribution in [0.1, 0.15) is 48.2 Å². The highest BCUT2D eigenvalue weighted by Crippen LogP contribution is 2.46. The van der Waals surface area contributed by atoms with Crippen LogP contribution < -0.4 is 4.74 Å². The van der Waals surface area contributed by atoms with Gasteiger partial charge in [0, 0.05) is 18.1 Å². The molecule has 2 aliphatic heterocycles. The number of phenols is 1. The maximum atomic E-state index is 12.6. The van der Waals surface area contributed by atoms with Gasteiger partial charge in [-0.1, -0.05) is 12.2 Å². The number of cyclic esters (lactones) is 1. The second-order valence-electron chi connectivity index (χ2n) is 6.72. The van der Waals surface area contributed by atoms with Gasteiger partial charge in [-0.15, -0.1) is 0 Å². The van der Waals surface area contributed by atoms with E-state index in [-0.39, 0.29) is 17.4 Å². The summed E-state index contributed by atoms with van der Waals surface area (Å²) < 4.78 is 16.2. The summed E-state index contributed by atoms with van der Waals surface area (Å²) in [7, 11) is 1.47. The van der Waals surface area contributed by atoms with Gasteiger partial charge in [0.15, 0.2) is 0 Å². The second kappa shape index (κ2) is 7.65. The lowest BCUT2D eigenvalue weighted by Gasteiger charge is -2.17. The molecule has 1 aromatic rings. The SMILES string of the molecule is COc1cc(O)c2c(c1)[C@H]1O[C@@H]1CC[C@H](O)[C@@H](O)/C=C/C[C@H](C)OC2=O. The number of phenolic OH excluding ortho intramolecular Hbond substituents is 1. The number of epoxide rings is 1. The Labute approximate surface area is 151 Å². The molecule has 0 radical (unpaired) electrons. The van der Waals surface area contributed by atoms with Crippen molar-refractivity contribution < 1.29 is 34.3 Å².